The second-order valence-electron chi connectivity index (χ2n) is 8.14. The Morgan fingerprint density at radius 1 is 0.939 bits per heavy atom. The van der Waals surface area contributed by atoms with Crippen molar-refractivity contribution in [2.45, 2.75) is 12.8 Å². The van der Waals surface area contributed by atoms with E-state index in [0.717, 1.165) is 29.8 Å². The third-order valence-corrected chi connectivity index (χ3v) is 6.05. The highest BCUT2D eigenvalue weighted by Gasteiger charge is 2.22. The minimum atomic E-state index is -0.298. The lowest BCUT2D eigenvalue weighted by Gasteiger charge is -2.36. The smallest absolute Gasteiger partial charge is 0.227 e. The fraction of sp³-hybridized carbons (Fsp3) is 0.250. The first-order valence-corrected chi connectivity index (χ1v) is 11.3. The standard InChI is InChI=1S/C28H29FN2O2/c1-33-27-15-14-25(29)20-24(27)13-12-23(22-8-4-2-5-9-22)21-28(32)31-18-16-30(17-19-31)26-10-6-3-7-11-26/h2-12,14-15,20H,13,16-19,21H2,1H3/b23-12-. The highest BCUT2D eigenvalue weighted by molar-refractivity contribution is 5.89. The Balaban J connectivity index is 1.47. The summed E-state index contributed by atoms with van der Waals surface area (Å²) in [4.78, 5) is 17.5. The molecule has 4 rings (SSSR count). The minimum absolute atomic E-state index is 0.115. The molecule has 1 aliphatic rings. The van der Waals surface area contributed by atoms with E-state index in [-0.39, 0.29) is 11.7 Å². The van der Waals surface area contributed by atoms with E-state index in [1.54, 1.807) is 13.2 Å². The molecule has 1 saturated heterocycles. The highest BCUT2D eigenvalue weighted by atomic mass is 19.1. The number of hydrogen-bond acceptors (Lipinski definition) is 3. The summed E-state index contributed by atoms with van der Waals surface area (Å²) in [6.07, 6.45) is 2.82. The van der Waals surface area contributed by atoms with Gasteiger partial charge in [-0.3, -0.25) is 4.79 Å². The predicted molar refractivity (Wildman–Crippen MR) is 131 cm³/mol. The first-order valence-electron chi connectivity index (χ1n) is 11.3. The Bertz CT molecular complexity index is 1090. The van der Waals surface area contributed by atoms with Gasteiger partial charge in [0.05, 0.1) is 13.5 Å². The number of rotatable bonds is 7. The number of benzene rings is 3. The van der Waals surface area contributed by atoms with Crippen LogP contribution in [-0.2, 0) is 11.2 Å². The maximum absolute atomic E-state index is 13.8. The van der Waals surface area contributed by atoms with Gasteiger partial charge in [0.1, 0.15) is 11.6 Å². The van der Waals surface area contributed by atoms with Gasteiger partial charge in [0.15, 0.2) is 0 Å². The zero-order chi connectivity index (χ0) is 23.0. The Kier molecular flexibility index (Phi) is 7.40. The molecule has 0 atom stereocenters. The third kappa shape index (κ3) is 5.80. The molecule has 3 aromatic rings. The van der Waals surface area contributed by atoms with Crippen LogP contribution in [0.3, 0.4) is 0 Å². The maximum Gasteiger partial charge on any atom is 0.227 e. The van der Waals surface area contributed by atoms with Crippen LogP contribution in [0.15, 0.2) is 84.9 Å². The van der Waals surface area contributed by atoms with E-state index in [2.05, 4.69) is 17.0 Å². The zero-order valence-electron chi connectivity index (χ0n) is 18.9. The fourth-order valence-corrected chi connectivity index (χ4v) is 4.21. The van der Waals surface area contributed by atoms with Gasteiger partial charge in [0, 0.05) is 37.4 Å². The Morgan fingerprint density at radius 3 is 2.27 bits per heavy atom. The molecule has 4 nitrogen and oxygen atoms in total. The van der Waals surface area contributed by atoms with Crippen LogP contribution >= 0.6 is 0 Å². The molecule has 0 bridgehead atoms. The first-order chi connectivity index (χ1) is 16.1. The molecular formula is C28H29FN2O2. The van der Waals surface area contributed by atoms with Crippen LogP contribution in [0.4, 0.5) is 10.1 Å². The van der Waals surface area contributed by atoms with E-state index >= 15 is 0 Å². The van der Waals surface area contributed by atoms with Crippen LogP contribution < -0.4 is 9.64 Å². The number of carbonyl (C=O) groups excluding carboxylic acids is 1. The van der Waals surface area contributed by atoms with Gasteiger partial charge in [-0.05, 0) is 47.9 Å². The van der Waals surface area contributed by atoms with Crippen molar-refractivity contribution in [1.82, 2.24) is 4.90 Å². The molecule has 0 N–H and O–H groups in total. The average Bonchev–Trinajstić information content (AvgIpc) is 2.87. The van der Waals surface area contributed by atoms with Crippen LogP contribution in [0.25, 0.3) is 5.57 Å². The van der Waals surface area contributed by atoms with Gasteiger partial charge in [-0.25, -0.2) is 4.39 Å². The predicted octanol–water partition coefficient (Wildman–Crippen LogP) is 5.20. The largest absolute Gasteiger partial charge is 0.496 e. The van der Waals surface area contributed by atoms with Gasteiger partial charge in [-0.15, -0.1) is 0 Å². The van der Waals surface area contributed by atoms with Gasteiger partial charge < -0.3 is 14.5 Å². The van der Waals surface area contributed by atoms with Gasteiger partial charge in [-0.2, -0.15) is 0 Å². The molecule has 1 fully saturated rings. The number of piperazine rings is 1. The van der Waals surface area contributed by atoms with Gasteiger partial charge in [0.25, 0.3) is 0 Å². The molecule has 0 spiro atoms. The molecule has 0 aliphatic carbocycles. The number of carbonyl (C=O) groups is 1. The SMILES string of the molecule is COc1ccc(F)cc1C/C=C(/CC(=O)N1CCN(c2ccccc2)CC1)c1ccccc1. The molecule has 5 heteroatoms. The summed E-state index contributed by atoms with van der Waals surface area (Å²) in [5, 5.41) is 0. The van der Waals surface area contributed by atoms with Crippen LogP contribution in [0, 0.1) is 5.82 Å². The molecule has 170 valence electrons. The van der Waals surface area contributed by atoms with Crippen molar-refractivity contribution < 1.29 is 13.9 Å². The van der Waals surface area contributed by atoms with E-state index < -0.39 is 0 Å². The lowest BCUT2D eigenvalue weighted by Crippen LogP contribution is -2.48. The summed E-state index contributed by atoms with van der Waals surface area (Å²) in [7, 11) is 1.58. The minimum Gasteiger partial charge on any atom is -0.496 e. The number of nitrogens with zero attached hydrogens (tertiary/aromatic N) is 2. The normalized spacial score (nSPS) is 14.3. The van der Waals surface area contributed by atoms with E-state index in [1.807, 2.05) is 59.5 Å². The van der Waals surface area contributed by atoms with Crippen molar-refractivity contribution in [2.24, 2.45) is 0 Å². The fourth-order valence-electron chi connectivity index (χ4n) is 4.21. The number of hydrogen-bond donors (Lipinski definition) is 0. The Morgan fingerprint density at radius 2 is 1.61 bits per heavy atom. The van der Waals surface area contributed by atoms with Crippen LogP contribution in [0.2, 0.25) is 0 Å². The highest BCUT2D eigenvalue weighted by Crippen LogP contribution is 2.25. The summed E-state index contributed by atoms with van der Waals surface area (Å²) in [6, 6.07) is 24.7. The number of methoxy groups -OCH3 is 1. The van der Waals surface area contributed by atoms with Crippen molar-refractivity contribution in [2.75, 3.05) is 38.2 Å². The van der Waals surface area contributed by atoms with Crippen molar-refractivity contribution in [3.63, 3.8) is 0 Å². The number of halogens is 1. The van der Waals surface area contributed by atoms with Crippen molar-refractivity contribution in [3.05, 3.63) is 102 Å². The average molecular weight is 445 g/mol. The Hall–Kier alpha value is -3.60. The molecule has 0 aromatic heterocycles. The second kappa shape index (κ2) is 10.8. The third-order valence-electron chi connectivity index (χ3n) is 6.05. The van der Waals surface area contributed by atoms with Crippen molar-refractivity contribution in [3.8, 4) is 5.75 Å². The van der Waals surface area contributed by atoms with E-state index in [9.17, 15) is 9.18 Å². The summed E-state index contributed by atoms with van der Waals surface area (Å²) in [5.41, 5.74) is 3.90. The van der Waals surface area contributed by atoms with Crippen molar-refractivity contribution in [1.29, 1.82) is 0 Å². The van der Waals surface area contributed by atoms with Gasteiger partial charge in [0.2, 0.25) is 5.91 Å². The number of allylic oxidation sites excluding steroid dienone is 1. The summed E-state index contributed by atoms with van der Waals surface area (Å²) >= 11 is 0. The molecule has 0 saturated carbocycles. The van der Waals surface area contributed by atoms with E-state index in [1.165, 1.54) is 17.8 Å². The summed E-state index contributed by atoms with van der Waals surface area (Å²) < 4.78 is 19.2. The lowest BCUT2D eigenvalue weighted by atomic mass is 9.98. The lowest BCUT2D eigenvalue weighted by molar-refractivity contribution is -0.130. The number of anilines is 1. The summed E-state index contributed by atoms with van der Waals surface area (Å²) in [5.74, 6) is 0.459. The van der Waals surface area contributed by atoms with Crippen LogP contribution in [-0.4, -0.2) is 44.1 Å². The van der Waals surface area contributed by atoms with Gasteiger partial charge >= 0.3 is 0 Å². The summed E-state index contributed by atoms with van der Waals surface area (Å²) in [6.45, 7) is 3.04. The molecule has 3 aromatic carbocycles. The topological polar surface area (TPSA) is 32.8 Å². The molecular weight excluding hydrogens is 415 g/mol. The number of amides is 1. The van der Waals surface area contributed by atoms with Crippen LogP contribution in [0.1, 0.15) is 17.5 Å². The number of para-hydroxylation sites is 1. The molecule has 1 amide bonds. The number of ether oxygens (including phenoxy) is 1. The van der Waals surface area contributed by atoms with Gasteiger partial charge in [-0.1, -0.05) is 54.6 Å². The second-order valence-corrected chi connectivity index (χ2v) is 8.14. The molecule has 0 unspecified atom stereocenters. The molecule has 1 aliphatic heterocycles. The zero-order valence-corrected chi connectivity index (χ0v) is 18.9. The Labute approximate surface area is 194 Å². The maximum atomic E-state index is 13.8. The van der Waals surface area contributed by atoms with E-state index in [0.29, 0.717) is 31.7 Å². The van der Waals surface area contributed by atoms with Crippen LogP contribution in [0.5, 0.6) is 5.75 Å². The quantitative estimate of drug-likeness (QED) is 0.502. The molecule has 0 radical (unpaired) electrons. The molecule has 1 heterocycles. The molecule has 33 heavy (non-hydrogen) atoms. The van der Waals surface area contributed by atoms with Crippen molar-refractivity contribution >= 4 is 17.2 Å². The first kappa shape index (κ1) is 22.6. The van der Waals surface area contributed by atoms with E-state index in [4.69, 9.17) is 4.74 Å². The monoisotopic (exact) mass is 444 g/mol.